The normalized spacial score (nSPS) is 21.8. The van der Waals surface area contributed by atoms with Gasteiger partial charge in [0.05, 0.1) is 0 Å². The molecule has 1 saturated heterocycles. The lowest BCUT2D eigenvalue weighted by Crippen LogP contribution is -2.38. The Bertz CT molecular complexity index is 172. The quantitative estimate of drug-likeness (QED) is 0.569. The zero-order chi connectivity index (χ0) is 8.43. The first-order valence-corrected chi connectivity index (χ1v) is 3.63. The molecule has 1 unspecified atom stereocenters. The Labute approximate surface area is 70.3 Å². The summed E-state index contributed by atoms with van der Waals surface area (Å²) in [6.07, 6.45) is 1.39. The number of carbonyl (C=O) groups excluding carboxylic acids is 1. The van der Waals surface area contributed by atoms with E-state index in [0.29, 0.717) is 13.0 Å². The van der Waals surface area contributed by atoms with Gasteiger partial charge in [0.15, 0.2) is 0 Å². The zero-order valence-electron chi connectivity index (χ0n) is 6.91. The summed E-state index contributed by atoms with van der Waals surface area (Å²) in [6.45, 7) is 1.99. The van der Waals surface area contributed by atoms with E-state index in [4.69, 9.17) is 5.11 Å². The smallest absolute Gasteiger partial charge is 0.326 e. The van der Waals surface area contributed by atoms with E-state index in [9.17, 15) is 9.59 Å². The molecule has 3 N–H and O–H groups in total. The molecule has 70 valence electrons. The standard InChI is InChI=1S/C7H11NO3.H2O/c1-5(9)8-4-2-3-6(8)7(10)11;/h6H,2-4H2,1H3,(H,10,11);1H2. The predicted octanol–water partition coefficient (Wildman–Crippen LogP) is -0.743. The van der Waals surface area contributed by atoms with Gasteiger partial charge in [-0.15, -0.1) is 0 Å². The van der Waals surface area contributed by atoms with Crippen molar-refractivity contribution in [2.24, 2.45) is 0 Å². The number of carbonyl (C=O) groups is 2. The molecule has 1 amide bonds. The molecule has 1 rings (SSSR count). The van der Waals surface area contributed by atoms with Crippen molar-refractivity contribution in [3.63, 3.8) is 0 Å². The number of aliphatic carboxylic acids is 1. The molecule has 1 aliphatic rings. The Kier molecular flexibility index (Phi) is 3.69. The van der Waals surface area contributed by atoms with Crippen molar-refractivity contribution in [1.29, 1.82) is 0 Å². The van der Waals surface area contributed by atoms with Crippen molar-refractivity contribution in [2.45, 2.75) is 25.8 Å². The average molecular weight is 175 g/mol. The van der Waals surface area contributed by atoms with E-state index in [2.05, 4.69) is 0 Å². The van der Waals surface area contributed by atoms with Gasteiger partial charge in [-0.1, -0.05) is 0 Å². The van der Waals surface area contributed by atoms with Crippen LogP contribution in [-0.2, 0) is 9.59 Å². The molecular formula is C7H13NO4. The average Bonchev–Trinajstić information content (AvgIpc) is 2.32. The highest BCUT2D eigenvalue weighted by atomic mass is 16.4. The summed E-state index contributed by atoms with van der Waals surface area (Å²) < 4.78 is 0. The summed E-state index contributed by atoms with van der Waals surface area (Å²) in [6, 6.07) is -0.576. The minimum Gasteiger partial charge on any atom is -0.480 e. The van der Waals surface area contributed by atoms with Crippen LogP contribution in [0.5, 0.6) is 0 Å². The molecule has 1 atom stereocenters. The Hall–Kier alpha value is -1.10. The van der Waals surface area contributed by atoms with Crippen molar-refractivity contribution < 1.29 is 20.2 Å². The third-order valence-electron chi connectivity index (χ3n) is 1.94. The van der Waals surface area contributed by atoms with E-state index in [1.807, 2.05) is 0 Å². The maximum absolute atomic E-state index is 10.8. The lowest BCUT2D eigenvalue weighted by molar-refractivity contribution is -0.147. The maximum atomic E-state index is 10.8. The van der Waals surface area contributed by atoms with Gasteiger partial charge in [0.1, 0.15) is 6.04 Å². The number of carboxylic acid groups (broad SMARTS) is 1. The molecule has 1 heterocycles. The van der Waals surface area contributed by atoms with Gasteiger partial charge in [0, 0.05) is 13.5 Å². The van der Waals surface area contributed by atoms with Crippen LogP contribution >= 0.6 is 0 Å². The van der Waals surface area contributed by atoms with Crippen LogP contribution in [0.3, 0.4) is 0 Å². The van der Waals surface area contributed by atoms with Gasteiger partial charge < -0.3 is 15.5 Å². The van der Waals surface area contributed by atoms with Crippen LogP contribution in [-0.4, -0.2) is 39.9 Å². The molecule has 0 spiro atoms. The predicted molar refractivity (Wildman–Crippen MR) is 41.7 cm³/mol. The SMILES string of the molecule is CC(=O)N1CCCC1C(=O)O.O. The fourth-order valence-electron chi connectivity index (χ4n) is 1.40. The van der Waals surface area contributed by atoms with E-state index in [1.54, 1.807) is 0 Å². The summed E-state index contributed by atoms with van der Waals surface area (Å²) in [4.78, 5) is 22.8. The van der Waals surface area contributed by atoms with Gasteiger partial charge in [-0.3, -0.25) is 4.79 Å². The molecule has 0 aromatic rings. The lowest BCUT2D eigenvalue weighted by atomic mass is 10.2. The molecule has 0 saturated carbocycles. The van der Waals surface area contributed by atoms with Gasteiger partial charge >= 0.3 is 5.97 Å². The van der Waals surface area contributed by atoms with Crippen LogP contribution in [0.2, 0.25) is 0 Å². The number of nitrogens with zero attached hydrogens (tertiary/aromatic N) is 1. The molecule has 0 aliphatic carbocycles. The number of amides is 1. The summed E-state index contributed by atoms with van der Waals surface area (Å²) in [5.74, 6) is -1.03. The van der Waals surface area contributed by atoms with Gasteiger partial charge in [-0.2, -0.15) is 0 Å². The molecule has 0 radical (unpaired) electrons. The third kappa shape index (κ3) is 1.94. The van der Waals surface area contributed by atoms with E-state index in [0.717, 1.165) is 6.42 Å². The van der Waals surface area contributed by atoms with Crippen LogP contribution in [0.4, 0.5) is 0 Å². The highest BCUT2D eigenvalue weighted by molar-refractivity contribution is 5.82. The molecule has 12 heavy (non-hydrogen) atoms. The fourth-order valence-corrected chi connectivity index (χ4v) is 1.40. The number of likely N-dealkylation sites (tertiary alicyclic amines) is 1. The molecule has 1 aliphatic heterocycles. The Balaban J connectivity index is 0.00000121. The number of hydrogen-bond donors (Lipinski definition) is 1. The molecule has 0 aromatic carbocycles. The van der Waals surface area contributed by atoms with Crippen LogP contribution < -0.4 is 0 Å². The Morgan fingerprint density at radius 1 is 1.50 bits per heavy atom. The lowest BCUT2D eigenvalue weighted by Gasteiger charge is -2.18. The summed E-state index contributed by atoms with van der Waals surface area (Å²) in [5, 5.41) is 8.64. The minimum absolute atomic E-state index is 0. The molecule has 5 heteroatoms. The molecule has 0 aromatic heterocycles. The second-order valence-electron chi connectivity index (χ2n) is 2.71. The van der Waals surface area contributed by atoms with Gasteiger partial charge in [-0.05, 0) is 12.8 Å². The molecular weight excluding hydrogens is 162 g/mol. The number of rotatable bonds is 1. The zero-order valence-corrected chi connectivity index (χ0v) is 6.91. The van der Waals surface area contributed by atoms with Crippen LogP contribution in [0.1, 0.15) is 19.8 Å². The first-order chi connectivity index (χ1) is 5.13. The van der Waals surface area contributed by atoms with E-state index < -0.39 is 12.0 Å². The summed E-state index contributed by atoms with van der Waals surface area (Å²) in [5.41, 5.74) is 0. The highest BCUT2D eigenvalue weighted by Gasteiger charge is 2.31. The Morgan fingerprint density at radius 3 is 2.42 bits per heavy atom. The number of carboxylic acids is 1. The van der Waals surface area contributed by atoms with E-state index in [-0.39, 0.29) is 11.4 Å². The van der Waals surface area contributed by atoms with Crippen molar-refractivity contribution in [1.82, 2.24) is 4.90 Å². The van der Waals surface area contributed by atoms with Crippen LogP contribution in [0, 0.1) is 0 Å². The first kappa shape index (κ1) is 10.9. The first-order valence-electron chi connectivity index (χ1n) is 3.63. The second kappa shape index (κ2) is 4.06. The number of hydrogen-bond acceptors (Lipinski definition) is 2. The fraction of sp³-hybridized carbons (Fsp3) is 0.714. The van der Waals surface area contributed by atoms with Crippen LogP contribution in [0.25, 0.3) is 0 Å². The molecule has 0 bridgehead atoms. The largest absolute Gasteiger partial charge is 0.480 e. The van der Waals surface area contributed by atoms with Crippen molar-refractivity contribution in [3.8, 4) is 0 Å². The topological polar surface area (TPSA) is 89.1 Å². The van der Waals surface area contributed by atoms with E-state index >= 15 is 0 Å². The van der Waals surface area contributed by atoms with E-state index in [1.165, 1.54) is 11.8 Å². The van der Waals surface area contributed by atoms with Gasteiger partial charge in [-0.25, -0.2) is 4.79 Å². The highest BCUT2D eigenvalue weighted by Crippen LogP contribution is 2.16. The van der Waals surface area contributed by atoms with Gasteiger partial charge in [0.2, 0.25) is 5.91 Å². The van der Waals surface area contributed by atoms with Crippen LogP contribution in [0.15, 0.2) is 0 Å². The third-order valence-corrected chi connectivity index (χ3v) is 1.94. The van der Waals surface area contributed by atoms with Crippen molar-refractivity contribution in [3.05, 3.63) is 0 Å². The summed E-state index contributed by atoms with van der Waals surface area (Å²) >= 11 is 0. The minimum atomic E-state index is -0.891. The van der Waals surface area contributed by atoms with Crippen molar-refractivity contribution in [2.75, 3.05) is 6.54 Å². The monoisotopic (exact) mass is 175 g/mol. The molecule has 1 fully saturated rings. The molecule has 5 nitrogen and oxygen atoms in total. The van der Waals surface area contributed by atoms with Crippen molar-refractivity contribution >= 4 is 11.9 Å². The Morgan fingerprint density at radius 2 is 2.08 bits per heavy atom. The summed E-state index contributed by atoms with van der Waals surface area (Å²) in [7, 11) is 0. The van der Waals surface area contributed by atoms with Gasteiger partial charge in [0.25, 0.3) is 0 Å². The second-order valence-corrected chi connectivity index (χ2v) is 2.71. The maximum Gasteiger partial charge on any atom is 0.326 e.